The summed E-state index contributed by atoms with van der Waals surface area (Å²) < 4.78 is 5.52. The van der Waals surface area contributed by atoms with E-state index in [0.717, 1.165) is 28.3 Å². The van der Waals surface area contributed by atoms with E-state index in [1.54, 1.807) is 7.11 Å². The predicted molar refractivity (Wildman–Crippen MR) is 101 cm³/mol. The van der Waals surface area contributed by atoms with Gasteiger partial charge in [-0.3, -0.25) is 0 Å². The normalized spacial score (nSPS) is 11.4. The second kappa shape index (κ2) is 8.49. The zero-order valence-electron chi connectivity index (χ0n) is 13.9. The quantitative estimate of drug-likeness (QED) is 0.592. The minimum absolute atomic E-state index is 0.0776. The highest BCUT2D eigenvalue weighted by Crippen LogP contribution is 2.28. The number of hydrogen-bond donors (Lipinski definition) is 1. The highest BCUT2D eigenvalue weighted by Gasteiger charge is 2.16. The number of methoxy groups -OCH3 is 1. The SMILES string of the molecule is COc1ccccc1C(CC=C(C)C)NC(=S)c1ccccc1. The van der Waals surface area contributed by atoms with Gasteiger partial charge >= 0.3 is 0 Å². The minimum Gasteiger partial charge on any atom is -0.496 e. The van der Waals surface area contributed by atoms with Crippen LogP contribution >= 0.6 is 12.2 Å². The molecule has 0 radical (unpaired) electrons. The van der Waals surface area contributed by atoms with Gasteiger partial charge in [-0.15, -0.1) is 0 Å². The first-order valence-electron chi connectivity index (χ1n) is 7.74. The number of nitrogens with one attached hydrogen (secondary N) is 1. The molecule has 0 saturated heterocycles. The van der Waals surface area contributed by atoms with Crippen molar-refractivity contribution < 1.29 is 4.74 Å². The number of benzene rings is 2. The van der Waals surface area contributed by atoms with Crippen molar-refractivity contribution in [2.45, 2.75) is 26.3 Å². The highest BCUT2D eigenvalue weighted by atomic mass is 32.1. The van der Waals surface area contributed by atoms with Gasteiger partial charge in [0.2, 0.25) is 0 Å². The number of hydrogen-bond acceptors (Lipinski definition) is 2. The largest absolute Gasteiger partial charge is 0.496 e. The molecule has 120 valence electrons. The first kappa shape index (κ1) is 17.2. The van der Waals surface area contributed by atoms with Gasteiger partial charge in [0.1, 0.15) is 10.7 Å². The molecule has 2 nitrogen and oxygen atoms in total. The van der Waals surface area contributed by atoms with Crippen LogP contribution in [0.3, 0.4) is 0 Å². The first-order valence-corrected chi connectivity index (χ1v) is 8.15. The second-order valence-corrected chi connectivity index (χ2v) is 6.06. The van der Waals surface area contributed by atoms with Crippen LogP contribution in [0.2, 0.25) is 0 Å². The Bertz CT molecular complexity index is 675. The van der Waals surface area contributed by atoms with Crippen LogP contribution in [0.4, 0.5) is 0 Å². The van der Waals surface area contributed by atoms with E-state index in [0.29, 0.717) is 0 Å². The molecule has 0 bridgehead atoms. The molecule has 0 aliphatic rings. The fourth-order valence-corrected chi connectivity index (χ4v) is 2.68. The van der Waals surface area contributed by atoms with Crippen molar-refractivity contribution in [2.75, 3.05) is 7.11 Å². The standard InChI is InChI=1S/C20H23NOS/c1-15(2)13-14-18(17-11-7-8-12-19(17)22-3)21-20(23)16-9-5-4-6-10-16/h4-13,18H,14H2,1-3H3,(H,21,23). The first-order chi connectivity index (χ1) is 11.1. The van der Waals surface area contributed by atoms with Gasteiger partial charge in [0, 0.05) is 11.1 Å². The molecule has 3 heteroatoms. The smallest absolute Gasteiger partial charge is 0.124 e. The van der Waals surface area contributed by atoms with Crippen molar-refractivity contribution >= 4 is 17.2 Å². The summed E-state index contributed by atoms with van der Waals surface area (Å²) in [7, 11) is 1.70. The summed E-state index contributed by atoms with van der Waals surface area (Å²) in [5.41, 5.74) is 3.43. The summed E-state index contributed by atoms with van der Waals surface area (Å²) in [6, 6.07) is 18.2. The van der Waals surface area contributed by atoms with Crippen LogP contribution in [-0.4, -0.2) is 12.1 Å². The van der Waals surface area contributed by atoms with Crippen LogP contribution in [-0.2, 0) is 0 Å². The summed E-state index contributed by atoms with van der Waals surface area (Å²) in [5.74, 6) is 0.878. The molecule has 0 amide bonds. The van der Waals surface area contributed by atoms with Crippen LogP contribution in [0.15, 0.2) is 66.2 Å². The van der Waals surface area contributed by atoms with Gasteiger partial charge in [0.25, 0.3) is 0 Å². The molecule has 0 aliphatic heterocycles. The van der Waals surface area contributed by atoms with Crippen molar-refractivity contribution in [3.63, 3.8) is 0 Å². The van der Waals surface area contributed by atoms with Crippen molar-refractivity contribution in [2.24, 2.45) is 0 Å². The molecule has 2 rings (SSSR count). The second-order valence-electron chi connectivity index (χ2n) is 5.65. The van der Waals surface area contributed by atoms with Crippen LogP contribution < -0.4 is 10.1 Å². The Morgan fingerprint density at radius 3 is 2.39 bits per heavy atom. The molecule has 2 aromatic rings. The third-order valence-electron chi connectivity index (χ3n) is 3.62. The van der Waals surface area contributed by atoms with E-state index in [-0.39, 0.29) is 6.04 Å². The van der Waals surface area contributed by atoms with Crippen LogP contribution in [0, 0.1) is 0 Å². The highest BCUT2D eigenvalue weighted by molar-refractivity contribution is 7.80. The maximum atomic E-state index is 5.58. The zero-order chi connectivity index (χ0) is 16.7. The topological polar surface area (TPSA) is 21.3 Å². The van der Waals surface area contributed by atoms with Crippen molar-refractivity contribution in [3.05, 3.63) is 77.4 Å². The Balaban J connectivity index is 2.27. The summed E-state index contributed by atoms with van der Waals surface area (Å²) >= 11 is 5.58. The van der Waals surface area contributed by atoms with Crippen molar-refractivity contribution in [3.8, 4) is 5.75 Å². The molecular weight excluding hydrogens is 302 g/mol. The summed E-state index contributed by atoms with van der Waals surface area (Å²) in [6.45, 7) is 4.21. The van der Waals surface area contributed by atoms with Gasteiger partial charge in [-0.25, -0.2) is 0 Å². The fourth-order valence-electron chi connectivity index (χ4n) is 2.40. The van der Waals surface area contributed by atoms with Crippen LogP contribution in [0.25, 0.3) is 0 Å². The van der Waals surface area contributed by atoms with Gasteiger partial charge in [-0.1, -0.05) is 72.4 Å². The Morgan fingerprint density at radius 2 is 1.74 bits per heavy atom. The van der Waals surface area contributed by atoms with Gasteiger partial charge in [0.15, 0.2) is 0 Å². The van der Waals surface area contributed by atoms with E-state index in [1.807, 2.05) is 48.5 Å². The number of rotatable bonds is 6. The molecule has 0 aliphatic carbocycles. The van der Waals surface area contributed by atoms with E-state index in [2.05, 4.69) is 31.3 Å². The predicted octanol–water partition coefficient (Wildman–Crippen LogP) is 5.06. The minimum atomic E-state index is 0.0776. The molecule has 2 aromatic carbocycles. The molecule has 1 unspecified atom stereocenters. The lowest BCUT2D eigenvalue weighted by Gasteiger charge is -2.22. The van der Waals surface area contributed by atoms with E-state index in [9.17, 15) is 0 Å². The maximum absolute atomic E-state index is 5.58. The lowest BCUT2D eigenvalue weighted by molar-refractivity contribution is 0.404. The average Bonchev–Trinajstić information content (AvgIpc) is 2.59. The summed E-state index contributed by atoms with van der Waals surface area (Å²) in [4.78, 5) is 0.753. The fraction of sp³-hybridized carbons (Fsp3) is 0.250. The molecule has 0 fully saturated rings. The van der Waals surface area contributed by atoms with E-state index >= 15 is 0 Å². The summed E-state index contributed by atoms with van der Waals surface area (Å²) in [5, 5.41) is 3.49. The zero-order valence-corrected chi connectivity index (χ0v) is 14.7. The van der Waals surface area contributed by atoms with Crippen LogP contribution in [0.5, 0.6) is 5.75 Å². The lowest BCUT2D eigenvalue weighted by Crippen LogP contribution is -2.27. The van der Waals surface area contributed by atoms with Gasteiger partial charge in [-0.2, -0.15) is 0 Å². The van der Waals surface area contributed by atoms with Gasteiger partial charge in [0.05, 0.1) is 13.2 Å². The molecule has 23 heavy (non-hydrogen) atoms. The van der Waals surface area contributed by atoms with E-state index < -0.39 is 0 Å². The van der Waals surface area contributed by atoms with Crippen molar-refractivity contribution in [1.29, 1.82) is 0 Å². The van der Waals surface area contributed by atoms with Crippen molar-refractivity contribution in [1.82, 2.24) is 5.32 Å². The molecule has 0 heterocycles. The monoisotopic (exact) mass is 325 g/mol. The van der Waals surface area contributed by atoms with Gasteiger partial charge in [-0.05, 0) is 26.3 Å². The van der Waals surface area contributed by atoms with E-state index in [1.165, 1.54) is 5.57 Å². The Kier molecular flexibility index (Phi) is 6.36. The number of para-hydroxylation sites is 1. The lowest BCUT2D eigenvalue weighted by atomic mass is 10.0. The molecule has 1 N–H and O–H groups in total. The van der Waals surface area contributed by atoms with Crippen LogP contribution in [0.1, 0.15) is 37.4 Å². The molecular formula is C20H23NOS. The number of allylic oxidation sites excluding steroid dienone is 1. The number of thiocarbonyl (C=S) groups is 1. The maximum Gasteiger partial charge on any atom is 0.124 e. The average molecular weight is 325 g/mol. The summed E-state index contributed by atoms with van der Waals surface area (Å²) in [6.07, 6.45) is 3.08. The molecule has 0 aromatic heterocycles. The molecule has 1 atom stereocenters. The Labute approximate surface area is 144 Å². The third-order valence-corrected chi connectivity index (χ3v) is 3.97. The van der Waals surface area contributed by atoms with E-state index in [4.69, 9.17) is 17.0 Å². The third kappa shape index (κ3) is 4.93. The van der Waals surface area contributed by atoms with Gasteiger partial charge < -0.3 is 10.1 Å². The Hall–Kier alpha value is -2.13. The molecule has 0 spiro atoms. The number of ether oxygens (including phenoxy) is 1. The Morgan fingerprint density at radius 1 is 1.09 bits per heavy atom. The molecule has 0 saturated carbocycles.